The molecule has 18 heavy (non-hydrogen) atoms. The van der Waals surface area contributed by atoms with Crippen molar-refractivity contribution in [1.29, 1.82) is 0 Å². The number of carbonyl (C=O) groups is 1. The Balaban J connectivity index is 4.73. The molecule has 0 saturated carbocycles. The van der Waals surface area contributed by atoms with Crippen LogP contribution in [0.15, 0.2) is 0 Å². The molecular weight excluding hydrogens is 228 g/mol. The van der Waals surface area contributed by atoms with Gasteiger partial charge in [-0.25, -0.2) is 0 Å². The van der Waals surface area contributed by atoms with Crippen LogP contribution in [0.25, 0.3) is 0 Å². The largest absolute Gasteiger partial charge is 0.480 e. The molecule has 0 aromatic rings. The number of carboxylic acid groups (broad SMARTS) is 1. The average molecular weight is 258 g/mol. The van der Waals surface area contributed by atoms with Crippen LogP contribution in [0.1, 0.15) is 53.9 Å². The highest BCUT2D eigenvalue weighted by atomic mass is 16.4. The lowest BCUT2D eigenvalue weighted by Gasteiger charge is -2.36. The second-order valence-electron chi connectivity index (χ2n) is 5.25. The van der Waals surface area contributed by atoms with Crippen molar-refractivity contribution in [3.8, 4) is 0 Å². The summed E-state index contributed by atoms with van der Waals surface area (Å²) in [6.07, 6.45) is 3.30. The summed E-state index contributed by atoms with van der Waals surface area (Å²) < 4.78 is 0. The van der Waals surface area contributed by atoms with Gasteiger partial charge in [0.15, 0.2) is 0 Å². The monoisotopic (exact) mass is 258 g/mol. The van der Waals surface area contributed by atoms with Gasteiger partial charge in [0.05, 0.1) is 0 Å². The first-order chi connectivity index (χ1) is 8.41. The predicted molar refractivity (Wildman–Crippen MR) is 76.0 cm³/mol. The SMILES string of the molecule is CCCCN(CC(C)(NCC)C(=O)O)C(C)CC. The summed E-state index contributed by atoms with van der Waals surface area (Å²) >= 11 is 0. The highest BCUT2D eigenvalue weighted by Crippen LogP contribution is 2.13. The van der Waals surface area contributed by atoms with Crippen molar-refractivity contribution in [2.75, 3.05) is 19.6 Å². The Kier molecular flexibility index (Phi) is 8.20. The predicted octanol–water partition coefficient (Wildman–Crippen LogP) is 2.34. The van der Waals surface area contributed by atoms with Crippen LogP contribution in [-0.4, -0.2) is 47.2 Å². The number of nitrogens with one attached hydrogen (secondary N) is 1. The summed E-state index contributed by atoms with van der Waals surface area (Å²) in [6, 6.07) is 0.425. The van der Waals surface area contributed by atoms with E-state index in [1.807, 2.05) is 6.92 Å². The first kappa shape index (κ1) is 17.4. The van der Waals surface area contributed by atoms with Crippen LogP contribution in [0.2, 0.25) is 0 Å². The van der Waals surface area contributed by atoms with Gasteiger partial charge in [-0.15, -0.1) is 0 Å². The molecule has 2 atom stereocenters. The van der Waals surface area contributed by atoms with Crippen molar-refractivity contribution >= 4 is 5.97 Å². The Morgan fingerprint density at radius 1 is 1.39 bits per heavy atom. The zero-order valence-corrected chi connectivity index (χ0v) is 12.6. The first-order valence-corrected chi connectivity index (χ1v) is 7.13. The maximum atomic E-state index is 11.4. The molecule has 0 rings (SSSR count). The number of nitrogens with zero attached hydrogens (tertiary/aromatic N) is 1. The third-order valence-corrected chi connectivity index (χ3v) is 3.57. The number of likely N-dealkylation sites (N-methyl/N-ethyl adjacent to an activating group) is 1. The van der Waals surface area contributed by atoms with Gasteiger partial charge in [0, 0.05) is 12.6 Å². The lowest BCUT2D eigenvalue weighted by molar-refractivity contribution is -0.145. The maximum absolute atomic E-state index is 11.4. The van der Waals surface area contributed by atoms with Crippen molar-refractivity contribution in [3.05, 3.63) is 0 Å². The summed E-state index contributed by atoms with van der Waals surface area (Å²) in [7, 11) is 0. The molecule has 0 aliphatic rings. The Labute approximate surface area is 112 Å². The number of unbranched alkanes of at least 4 members (excludes halogenated alkanes) is 1. The normalized spacial score (nSPS) is 16.6. The van der Waals surface area contributed by atoms with Gasteiger partial charge in [-0.1, -0.05) is 27.2 Å². The van der Waals surface area contributed by atoms with Crippen LogP contribution < -0.4 is 5.32 Å². The van der Waals surface area contributed by atoms with Gasteiger partial charge in [0.1, 0.15) is 5.54 Å². The van der Waals surface area contributed by atoms with Gasteiger partial charge in [-0.05, 0) is 39.8 Å². The summed E-state index contributed by atoms with van der Waals surface area (Å²) in [4.78, 5) is 13.7. The van der Waals surface area contributed by atoms with Crippen LogP contribution in [0.5, 0.6) is 0 Å². The molecule has 0 aromatic carbocycles. The molecule has 0 aliphatic carbocycles. The molecule has 108 valence electrons. The van der Waals surface area contributed by atoms with Crippen molar-refractivity contribution < 1.29 is 9.90 Å². The molecule has 0 aromatic heterocycles. The van der Waals surface area contributed by atoms with E-state index in [-0.39, 0.29) is 0 Å². The van der Waals surface area contributed by atoms with E-state index in [2.05, 4.69) is 31.0 Å². The lowest BCUT2D eigenvalue weighted by Crippen LogP contribution is -2.58. The van der Waals surface area contributed by atoms with E-state index in [1.165, 1.54) is 0 Å². The minimum atomic E-state index is -0.855. The van der Waals surface area contributed by atoms with Gasteiger partial charge < -0.3 is 10.4 Å². The summed E-state index contributed by atoms with van der Waals surface area (Å²) in [6.45, 7) is 12.4. The molecule has 2 N–H and O–H groups in total. The molecule has 0 bridgehead atoms. The molecule has 4 heteroatoms. The quantitative estimate of drug-likeness (QED) is 0.631. The molecule has 0 heterocycles. The van der Waals surface area contributed by atoms with Gasteiger partial charge in [0.2, 0.25) is 0 Å². The Morgan fingerprint density at radius 2 is 2.00 bits per heavy atom. The topological polar surface area (TPSA) is 52.6 Å². The Hall–Kier alpha value is -0.610. The molecule has 0 spiro atoms. The second-order valence-corrected chi connectivity index (χ2v) is 5.25. The van der Waals surface area contributed by atoms with E-state index in [0.717, 1.165) is 25.8 Å². The molecular formula is C14H30N2O2. The van der Waals surface area contributed by atoms with Crippen molar-refractivity contribution in [3.63, 3.8) is 0 Å². The molecule has 2 unspecified atom stereocenters. The molecule has 4 nitrogen and oxygen atoms in total. The second kappa shape index (κ2) is 8.48. The van der Waals surface area contributed by atoms with E-state index >= 15 is 0 Å². The third-order valence-electron chi connectivity index (χ3n) is 3.57. The van der Waals surface area contributed by atoms with Gasteiger partial charge in [-0.2, -0.15) is 0 Å². The fraction of sp³-hybridized carbons (Fsp3) is 0.929. The standard InChI is InChI=1S/C14H30N2O2/c1-6-9-10-16(12(4)7-2)11-14(5,13(17)18)15-8-3/h12,15H,6-11H2,1-5H3,(H,17,18). The average Bonchev–Trinajstić information content (AvgIpc) is 2.33. The van der Waals surface area contributed by atoms with Gasteiger partial charge in [0.25, 0.3) is 0 Å². The summed E-state index contributed by atoms with van der Waals surface area (Å²) in [5.74, 6) is -0.769. The minimum Gasteiger partial charge on any atom is -0.480 e. The number of carboxylic acids is 1. The van der Waals surface area contributed by atoms with Gasteiger partial charge in [-0.3, -0.25) is 9.69 Å². The highest BCUT2D eigenvalue weighted by molar-refractivity contribution is 5.78. The van der Waals surface area contributed by atoms with Crippen LogP contribution >= 0.6 is 0 Å². The molecule has 0 amide bonds. The van der Waals surface area contributed by atoms with E-state index in [0.29, 0.717) is 19.1 Å². The number of hydrogen-bond acceptors (Lipinski definition) is 3. The minimum absolute atomic E-state index is 0.425. The zero-order chi connectivity index (χ0) is 14.2. The third kappa shape index (κ3) is 5.36. The number of rotatable bonds is 10. The van der Waals surface area contributed by atoms with E-state index in [4.69, 9.17) is 0 Å². The van der Waals surface area contributed by atoms with E-state index in [1.54, 1.807) is 6.92 Å². The first-order valence-electron chi connectivity index (χ1n) is 7.13. The van der Waals surface area contributed by atoms with Gasteiger partial charge >= 0.3 is 5.97 Å². The van der Waals surface area contributed by atoms with Crippen LogP contribution in [-0.2, 0) is 4.79 Å². The van der Waals surface area contributed by atoms with E-state index in [9.17, 15) is 9.90 Å². The summed E-state index contributed by atoms with van der Waals surface area (Å²) in [5.41, 5.74) is -0.855. The van der Waals surface area contributed by atoms with Crippen LogP contribution in [0.4, 0.5) is 0 Å². The molecule has 0 radical (unpaired) electrons. The Morgan fingerprint density at radius 3 is 2.39 bits per heavy atom. The Bertz CT molecular complexity index is 246. The number of aliphatic carboxylic acids is 1. The highest BCUT2D eigenvalue weighted by Gasteiger charge is 2.34. The van der Waals surface area contributed by atoms with Crippen molar-refractivity contribution in [1.82, 2.24) is 10.2 Å². The van der Waals surface area contributed by atoms with Crippen molar-refractivity contribution in [2.24, 2.45) is 0 Å². The lowest BCUT2D eigenvalue weighted by atomic mass is 10.00. The summed E-state index contributed by atoms with van der Waals surface area (Å²) in [5, 5.41) is 12.5. The van der Waals surface area contributed by atoms with E-state index < -0.39 is 11.5 Å². The van der Waals surface area contributed by atoms with Crippen LogP contribution in [0.3, 0.4) is 0 Å². The molecule has 0 aliphatic heterocycles. The fourth-order valence-electron chi connectivity index (χ4n) is 2.07. The smallest absolute Gasteiger partial charge is 0.324 e. The number of hydrogen-bond donors (Lipinski definition) is 2. The molecule has 0 saturated heterocycles. The van der Waals surface area contributed by atoms with Crippen molar-refractivity contribution in [2.45, 2.75) is 65.5 Å². The zero-order valence-electron chi connectivity index (χ0n) is 12.6. The maximum Gasteiger partial charge on any atom is 0.324 e. The molecule has 0 fully saturated rings. The fourth-order valence-corrected chi connectivity index (χ4v) is 2.07. The van der Waals surface area contributed by atoms with Crippen LogP contribution in [0, 0.1) is 0 Å².